The lowest BCUT2D eigenvalue weighted by Gasteiger charge is -2.20. The maximum absolute atomic E-state index is 13.4. The van der Waals surface area contributed by atoms with Gasteiger partial charge in [-0.2, -0.15) is 0 Å². The predicted molar refractivity (Wildman–Crippen MR) is 82.8 cm³/mol. The molecule has 23 heavy (non-hydrogen) atoms. The van der Waals surface area contributed by atoms with Crippen LogP contribution in [0.4, 0.5) is 10.1 Å². The van der Waals surface area contributed by atoms with Gasteiger partial charge in [0.15, 0.2) is 0 Å². The fourth-order valence-corrected chi connectivity index (χ4v) is 4.21. The number of fused-ring (bicyclic) bond motifs is 1. The molecule has 2 aromatic carbocycles. The Bertz CT molecular complexity index is 908. The molecule has 0 bridgehead atoms. The minimum Gasteiger partial charge on any atom is -0.478 e. The number of benzene rings is 2. The van der Waals surface area contributed by atoms with Crippen LogP contribution in [0.2, 0.25) is 0 Å². The molecule has 120 valence electrons. The summed E-state index contributed by atoms with van der Waals surface area (Å²) in [6.45, 7) is 1.80. The molecule has 1 N–H and O–H groups in total. The number of anilines is 1. The first-order valence-corrected chi connectivity index (χ1v) is 8.40. The van der Waals surface area contributed by atoms with Crippen molar-refractivity contribution in [2.24, 2.45) is 0 Å². The number of sulfonamides is 1. The van der Waals surface area contributed by atoms with Crippen LogP contribution in [0, 0.1) is 12.7 Å². The van der Waals surface area contributed by atoms with Gasteiger partial charge in [0.25, 0.3) is 10.0 Å². The highest BCUT2D eigenvalue weighted by Crippen LogP contribution is 2.33. The number of carboxylic acids is 1. The lowest BCUT2D eigenvalue weighted by molar-refractivity contribution is 0.0696. The SMILES string of the molecule is Cc1ccc(S(=O)(=O)N2CCc3ccc(F)cc32)cc1C(=O)O. The quantitative estimate of drug-likeness (QED) is 0.935. The van der Waals surface area contributed by atoms with Crippen LogP contribution >= 0.6 is 0 Å². The van der Waals surface area contributed by atoms with Crippen LogP contribution in [0.1, 0.15) is 21.5 Å². The van der Waals surface area contributed by atoms with E-state index < -0.39 is 21.8 Å². The first-order chi connectivity index (χ1) is 10.8. The van der Waals surface area contributed by atoms with E-state index in [1.165, 1.54) is 24.3 Å². The van der Waals surface area contributed by atoms with E-state index in [4.69, 9.17) is 5.11 Å². The molecule has 0 amide bonds. The normalized spacial score (nSPS) is 13.9. The molecule has 0 spiro atoms. The number of halogens is 1. The number of carbonyl (C=O) groups is 1. The number of aryl methyl sites for hydroxylation is 1. The average molecular weight is 335 g/mol. The van der Waals surface area contributed by atoms with Gasteiger partial charge in [0.05, 0.1) is 16.1 Å². The maximum Gasteiger partial charge on any atom is 0.335 e. The molecule has 0 saturated carbocycles. The van der Waals surface area contributed by atoms with Crippen LogP contribution in [0.5, 0.6) is 0 Å². The van der Waals surface area contributed by atoms with Crippen molar-refractivity contribution in [3.63, 3.8) is 0 Å². The van der Waals surface area contributed by atoms with Crippen molar-refractivity contribution in [3.05, 3.63) is 58.9 Å². The summed E-state index contributed by atoms with van der Waals surface area (Å²) in [5.74, 6) is -1.70. The lowest BCUT2D eigenvalue weighted by atomic mass is 10.1. The molecule has 0 radical (unpaired) electrons. The molecule has 0 saturated heterocycles. The van der Waals surface area contributed by atoms with Gasteiger partial charge in [0.2, 0.25) is 0 Å². The number of nitrogens with zero attached hydrogens (tertiary/aromatic N) is 1. The monoisotopic (exact) mass is 335 g/mol. The zero-order chi connectivity index (χ0) is 16.8. The van der Waals surface area contributed by atoms with Gasteiger partial charge in [-0.3, -0.25) is 4.31 Å². The standard InChI is InChI=1S/C16H14FNO4S/c1-10-2-5-13(9-14(10)16(19)20)23(21,22)18-7-6-11-3-4-12(17)8-15(11)18/h2-5,8-9H,6-7H2,1H3,(H,19,20). The van der Waals surface area contributed by atoms with Crippen LogP contribution in [0.25, 0.3) is 0 Å². The Balaban J connectivity index is 2.10. The summed E-state index contributed by atoms with van der Waals surface area (Å²) in [5, 5.41) is 9.16. The molecule has 0 unspecified atom stereocenters. The number of rotatable bonds is 3. The minimum absolute atomic E-state index is 0.0651. The Morgan fingerprint density at radius 2 is 1.96 bits per heavy atom. The molecule has 1 aliphatic heterocycles. The van der Waals surface area contributed by atoms with Gasteiger partial charge < -0.3 is 5.11 Å². The van der Waals surface area contributed by atoms with Crippen molar-refractivity contribution in [3.8, 4) is 0 Å². The van der Waals surface area contributed by atoms with Gasteiger partial charge in [0.1, 0.15) is 5.82 Å². The van der Waals surface area contributed by atoms with Crippen molar-refractivity contribution in [1.29, 1.82) is 0 Å². The fourth-order valence-electron chi connectivity index (χ4n) is 2.69. The van der Waals surface area contributed by atoms with Crippen LogP contribution in [0.3, 0.4) is 0 Å². The molecule has 0 aromatic heterocycles. The van der Waals surface area contributed by atoms with Crippen molar-refractivity contribution in [2.75, 3.05) is 10.8 Å². The second-order valence-electron chi connectivity index (χ2n) is 5.38. The number of hydrogen-bond acceptors (Lipinski definition) is 3. The largest absolute Gasteiger partial charge is 0.478 e. The molecule has 1 heterocycles. The summed E-state index contributed by atoms with van der Waals surface area (Å²) >= 11 is 0. The number of carboxylic acid groups (broad SMARTS) is 1. The maximum atomic E-state index is 13.4. The molecule has 3 rings (SSSR count). The molecule has 0 atom stereocenters. The van der Waals surface area contributed by atoms with E-state index in [2.05, 4.69) is 0 Å². The average Bonchev–Trinajstić information content (AvgIpc) is 2.90. The van der Waals surface area contributed by atoms with Gasteiger partial charge in [-0.25, -0.2) is 17.6 Å². The fraction of sp³-hybridized carbons (Fsp3) is 0.188. The Hall–Kier alpha value is -2.41. The Morgan fingerprint density at radius 1 is 1.22 bits per heavy atom. The van der Waals surface area contributed by atoms with Crippen molar-refractivity contribution >= 4 is 21.7 Å². The topological polar surface area (TPSA) is 74.7 Å². The van der Waals surface area contributed by atoms with E-state index in [1.54, 1.807) is 13.0 Å². The van der Waals surface area contributed by atoms with E-state index in [0.29, 0.717) is 17.7 Å². The van der Waals surface area contributed by atoms with Gasteiger partial charge in [0, 0.05) is 6.54 Å². The molecule has 0 fully saturated rings. The highest BCUT2D eigenvalue weighted by atomic mass is 32.2. The number of aromatic carboxylic acids is 1. The lowest BCUT2D eigenvalue weighted by Crippen LogP contribution is -2.29. The van der Waals surface area contributed by atoms with Crippen LogP contribution in [-0.4, -0.2) is 26.0 Å². The minimum atomic E-state index is -3.94. The van der Waals surface area contributed by atoms with Crippen molar-refractivity contribution < 1.29 is 22.7 Å². The third kappa shape index (κ3) is 2.57. The molecule has 2 aromatic rings. The third-order valence-corrected chi connectivity index (χ3v) is 5.74. The second kappa shape index (κ2) is 5.34. The van der Waals surface area contributed by atoms with Gasteiger partial charge >= 0.3 is 5.97 Å². The van der Waals surface area contributed by atoms with Crippen molar-refractivity contribution in [1.82, 2.24) is 0 Å². The van der Waals surface area contributed by atoms with Gasteiger partial charge in [-0.1, -0.05) is 12.1 Å². The summed E-state index contributed by atoms with van der Waals surface area (Å²) in [5.41, 5.74) is 1.47. The van der Waals surface area contributed by atoms with E-state index in [9.17, 15) is 17.6 Å². The summed E-state index contributed by atoms with van der Waals surface area (Å²) in [6, 6.07) is 8.02. The Morgan fingerprint density at radius 3 is 2.65 bits per heavy atom. The molecular formula is C16H14FNO4S. The van der Waals surface area contributed by atoms with E-state index in [1.807, 2.05) is 0 Å². The summed E-state index contributed by atoms with van der Waals surface area (Å²) < 4.78 is 40.2. The molecule has 7 heteroatoms. The van der Waals surface area contributed by atoms with Crippen LogP contribution in [-0.2, 0) is 16.4 Å². The van der Waals surface area contributed by atoms with Gasteiger partial charge in [-0.15, -0.1) is 0 Å². The van der Waals surface area contributed by atoms with Crippen LogP contribution in [0.15, 0.2) is 41.3 Å². The highest BCUT2D eigenvalue weighted by Gasteiger charge is 2.31. The molecular weight excluding hydrogens is 321 g/mol. The molecule has 1 aliphatic rings. The highest BCUT2D eigenvalue weighted by molar-refractivity contribution is 7.92. The third-order valence-electron chi connectivity index (χ3n) is 3.93. The van der Waals surface area contributed by atoms with Crippen LogP contribution < -0.4 is 4.31 Å². The second-order valence-corrected chi connectivity index (χ2v) is 7.24. The predicted octanol–water partition coefficient (Wildman–Crippen LogP) is 2.58. The van der Waals surface area contributed by atoms with E-state index >= 15 is 0 Å². The van der Waals surface area contributed by atoms with Crippen molar-refractivity contribution in [2.45, 2.75) is 18.2 Å². The summed E-state index contributed by atoms with van der Waals surface area (Å²) in [4.78, 5) is 11.1. The van der Waals surface area contributed by atoms with Gasteiger partial charge in [-0.05, 0) is 48.7 Å². The van der Waals surface area contributed by atoms with E-state index in [0.717, 1.165) is 15.9 Å². The first-order valence-electron chi connectivity index (χ1n) is 6.96. The van der Waals surface area contributed by atoms with E-state index in [-0.39, 0.29) is 17.0 Å². The zero-order valence-corrected chi connectivity index (χ0v) is 13.1. The number of hydrogen-bond donors (Lipinski definition) is 1. The first kappa shape index (κ1) is 15.5. The zero-order valence-electron chi connectivity index (χ0n) is 12.3. The Kier molecular flexibility index (Phi) is 3.60. The summed E-state index contributed by atoms with van der Waals surface area (Å²) in [7, 11) is -3.94. The molecule has 0 aliphatic carbocycles. The molecule has 5 nitrogen and oxygen atoms in total. The smallest absolute Gasteiger partial charge is 0.335 e. The Labute approximate surface area is 133 Å². The summed E-state index contributed by atoms with van der Waals surface area (Å²) in [6.07, 6.45) is 0.493.